The van der Waals surface area contributed by atoms with Crippen molar-refractivity contribution in [1.82, 2.24) is 0 Å². The van der Waals surface area contributed by atoms with Crippen LogP contribution in [0.3, 0.4) is 0 Å². The van der Waals surface area contributed by atoms with Crippen LogP contribution in [-0.4, -0.2) is 13.2 Å². The van der Waals surface area contributed by atoms with Crippen LogP contribution in [0.2, 0.25) is 0 Å². The van der Waals surface area contributed by atoms with Crippen molar-refractivity contribution >= 4 is 0 Å². The monoisotopic (exact) mass is 257 g/mol. The summed E-state index contributed by atoms with van der Waals surface area (Å²) in [5.74, 6) is 2.44. The first kappa shape index (κ1) is 13.4. The molecule has 2 aromatic carbocycles. The molecule has 0 fully saturated rings. The molecule has 3 heteroatoms. The highest BCUT2D eigenvalue weighted by molar-refractivity contribution is 5.40. The van der Waals surface area contributed by atoms with Crippen LogP contribution < -0.4 is 15.2 Å². The quantitative estimate of drug-likeness (QED) is 0.862. The summed E-state index contributed by atoms with van der Waals surface area (Å²) in [6, 6.07) is 15.6. The number of ether oxygens (including phenoxy) is 2. The molecule has 19 heavy (non-hydrogen) atoms. The van der Waals surface area contributed by atoms with Crippen molar-refractivity contribution in [2.24, 2.45) is 5.73 Å². The van der Waals surface area contributed by atoms with Crippen LogP contribution in [0, 0.1) is 0 Å². The molecule has 2 N–H and O–H groups in total. The molecule has 3 nitrogen and oxygen atoms in total. The summed E-state index contributed by atoms with van der Waals surface area (Å²) < 4.78 is 11.4. The smallest absolute Gasteiger partial charge is 0.131 e. The molecule has 0 aliphatic heterocycles. The molecule has 0 amide bonds. The van der Waals surface area contributed by atoms with E-state index in [0.717, 1.165) is 29.2 Å². The minimum absolute atomic E-state index is 0.610. The zero-order valence-electron chi connectivity index (χ0n) is 11.1. The van der Waals surface area contributed by atoms with Crippen LogP contribution in [0.4, 0.5) is 0 Å². The third-order valence-corrected chi connectivity index (χ3v) is 2.73. The fraction of sp³-hybridized carbons (Fsp3) is 0.250. The molecule has 0 bridgehead atoms. The lowest BCUT2D eigenvalue weighted by atomic mass is 10.1. The van der Waals surface area contributed by atoms with Gasteiger partial charge in [0.15, 0.2) is 0 Å². The highest BCUT2D eigenvalue weighted by Gasteiger charge is 2.04. The maximum atomic E-state index is 5.91. The van der Waals surface area contributed by atoms with Gasteiger partial charge >= 0.3 is 0 Å². The van der Waals surface area contributed by atoms with Crippen molar-refractivity contribution in [3.63, 3.8) is 0 Å². The molecule has 0 saturated heterocycles. The predicted molar refractivity (Wildman–Crippen MR) is 76.9 cm³/mol. The highest BCUT2D eigenvalue weighted by atomic mass is 16.5. The molecule has 2 rings (SSSR count). The van der Waals surface area contributed by atoms with Crippen LogP contribution in [0.5, 0.6) is 17.2 Å². The second-order valence-electron chi connectivity index (χ2n) is 4.16. The van der Waals surface area contributed by atoms with E-state index >= 15 is 0 Å². The van der Waals surface area contributed by atoms with Gasteiger partial charge in [-0.2, -0.15) is 0 Å². The molecule has 0 aliphatic rings. The van der Waals surface area contributed by atoms with E-state index in [0.29, 0.717) is 13.2 Å². The number of hydrogen-bond acceptors (Lipinski definition) is 3. The molecular weight excluding hydrogens is 238 g/mol. The second-order valence-corrected chi connectivity index (χ2v) is 4.16. The van der Waals surface area contributed by atoms with E-state index in [1.165, 1.54) is 0 Å². The van der Waals surface area contributed by atoms with Gasteiger partial charge in [0.05, 0.1) is 6.61 Å². The molecule has 100 valence electrons. The molecule has 0 spiro atoms. The van der Waals surface area contributed by atoms with E-state index in [-0.39, 0.29) is 0 Å². The van der Waals surface area contributed by atoms with Gasteiger partial charge in [0.25, 0.3) is 0 Å². The van der Waals surface area contributed by atoms with Gasteiger partial charge in [0, 0.05) is 6.07 Å². The van der Waals surface area contributed by atoms with Gasteiger partial charge in [-0.25, -0.2) is 0 Å². The van der Waals surface area contributed by atoms with Gasteiger partial charge in [0.1, 0.15) is 17.2 Å². The van der Waals surface area contributed by atoms with Crippen LogP contribution in [-0.2, 0) is 6.42 Å². The van der Waals surface area contributed by atoms with E-state index in [1.54, 1.807) is 0 Å². The van der Waals surface area contributed by atoms with E-state index in [9.17, 15) is 0 Å². The number of rotatable bonds is 6. The van der Waals surface area contributed by atoms with Crippen molar-refractivity contribution in [2.75, 3.05) is 13.2 Å². The van der Waals surface area contributed by atoms with Crippen molar-refractivity contribution in [3.8, 4) is 17.2 Å². The molecule has 0 radical (unpaired) electrons. The van der Waals surface area contributed by atoms with Gasteiger partial charge in [0.2, 0.25) is 0 Å². The molecule has 0 aromatic heterocycles. The van der Waals surface area contributed by atoms with Gasteiger partial charge in [-0.15, -0.1) is 0 Å². The Kier molecular flexibility index (Phi) is 4.81. The van der Waals surface area contributed by atoms with Gasteiger partial charge in [-0.3, -0.25) is 0 Å². The fourth-order valence-electron chi connectivity index (χ4n) is 1.89. The van der Waals surface area contributed by atoms with E-state index in [2.05, 4.69) is 0 Å². The lowest BCUT2D eigenvalue weighted by Crippen LogP contribution is -2.03. The number of hydrogen-bond donors (Lipinski definition) is 1. The van der Waals surface area contributed by atoms with Gasteiger partial charge in [-0.1, -0.05) is 24.3 Å². The van der Waals surface area contributed by atoms with Crippen molar-refractivity contribution in [3.05, 3.63) is 54.1 Å². The first-order valence-electron chi connectivity index (χ1n) is 6.52. The molecular formula is C16H19NO2. The summed E-state index contributed by atoms with van der Waals surface area (Å²) >= 11 is 0. The maximum absolute atomic E-state index is 5.91. The highest BCUT2D eigenvalue weighted by Crippen LogP contribution is 2.28. The van der Waals surface area contributed by atoms with Crippen LogP contribution >= 0.6 is 0 Å². The summed E-state index contributed by atoms with van der Waals surface area (Å²) in [5.41, 5.74) is 6.73. The third kappa shape index (κ3) is 3.73. The summed E-state index contributed by atoms with van der Waals surface area (Å²) in [6.45, 7) is 3.22. The normalized spacial score (nSPS) is 10.2. The molecule has 2 aromatic rings. The summed E-state index contributed by atoms with van der Waals surface area (Å²) in [7, 11) is 0. The molecule has 0 saturated carbocycles. The first-order chi connectivity index (χ1) is 9.33. The zero-order valence-corrected chi connectivity index (χ0v) is 11.1. The van der Waals surface area contributed by atoms with Crippen LogP contribution in [0.1, 0.15) is 12.5 Å². The maximum Gasteiger partial charge on any atom is 0.131 e. The topological polar surface area (TPSA) is 44.5 Å². The lowest BCUT2D eigenvalue weighted by molar-refractivity contribution is 0.338. The van der Waals surface area contributed by atoms with E-state index in [1.807, 2.05) is 55.5 Å². The Balaban J connectivity index is 2.18. The lowest BCUT2D eigenvalue weighted by Gasteiger charge is -2.11. The number of nitrogens with two attached hydrogens (primary N) is 1. The third-order valence-electron chi connectivity index (χ3n) is 2.73. The molecule has 0 atom stereocenters. The fourth-order valence-corrected chi connectivity index (χ4v) is 1.89. The minimum Gasteiger partial charge on any atom is -0.494 e. The Morgan fingerprint density at radius 1 is 1.00 bits per heavy atom. The van der Waals surface area contributed by atoms with E-state index in [4.69, 9.17) is 15.2 Å². The second kappa shape index (κ2) is 6.81. The SMILES string of the molecule is CCOc1cccc(Oc2ccccc2CCN)c1. The average Bonchev–Trinajstić information content (AvgIpc) is 2.42. The minimum atomic E-state index is 0.610. The summed E-state index contributed by atoms with van der Waals surface area (Å²) in [5, 5.41) is 0. The van der Waals surface area contributed by atoms with Crippen molar-refractivity contribution < 1.29 is 9.47 Å². The Morgan fingerprint density at radius 3 is 2.58 bits per heavy atom. The summed E-state index contributed by atoms with van der Waals surface area (Å²) in [4.78, 5) is 0. The van der Waals surface area contributed by atoms with Gasteiger partial charge in [-0.05, 0) is 43.7 Å². The van der Waals surface area contributed by atoms with Crippen LogP contribution in [0.15, 0.2) is 48.5 Å². The Labute approximate surface area is 114 Å². The van der Waals surface area contributed by atoms with Crippen molar-refractivity contribution in [1.29, 1.82) is 0 Å². The first-order valence-corrected chi connectivity index (χ1v) is 6.52. The number of benzene rings is 2. The van der Waals surface area contributed by atoms with E-state index < -0.39 is 0 Å². The Morgan fingerprint density at radius 2 is 1.79 bits per heavy atom. The number of para-hydroxylation sites is 1. The molecule has 0 heterocycles. The summed E-state index contributed by atoms with van der Waals surface area (Å²) in [6.07, 6.45) is 0.807. The average molecular weight is 257 g/mol. The molecule has 0 aliphatic carbocycles. The largest absolute Gasteiger partial charge is 0.494 e. The standard InChI is InChI=1S/C16H19NO2/c1-2-18-14-7-5-8-15(12-14)19-16-9-4-3-6-13(16)10-11-17/h3-9,12H,2,10-11,17H2,1H3. The Hall–Kier alpha value is -2.00. The van der Waals surface area contributed by atoms with Gasteiger partial charge < -0.3 is 15.2 Å². The zero-order chi connectivity index (χ0) is 13.5. The van der Waals surface area contributed by atoms with Crippen LogP contribution in [0.25, 0.3) is 0 Å². The molecule has 0 unspecified atom stereocenters. The Bertz CT molecular complexity index is 526. The predicted octanol–water partition coefficient (Wildman–Crippen LogP) is 3.38. The van der Waals surface area contributed by atoms with Crippen molar-refractivity contribution in [2.45, 2.75) is 13.3 Å².